The molecule has 3 aromatic rings. The molecule has 4 rings (SSSR count). The fraction of sp³-hybridized carbons (Fsp3) is 0.158. The summed E-state index contributed by atoms with van der Waals surface area (Å²) in [7, 11) is 0. The number of carbonyl (C=O) groups is 1. The number of rotatable bonds is 3. The zero-order chi connectivity index (χ0) is 18.4. The summed E-state index contributed by atoms with van der Waals surface area (Å²) in [5, 5.41) is 10.6. The van der Waals surface area contributed by atoms with Crippen LogP contribution in [-0.2, 0) is 0 Å². The Morgan fingerprint density at radius 1 is 1.08 bits per heavy atom. The Labute approximate surface area is 158 Å². The Hall–Kier alpha value is -2.34. The maximum absolute atomic E-state index is 13.1. The van der Waals surface area contributed by atoms with Crippen molar-refractivity contribution in [3.05, 3.63) is 79.6 Å². The molecule has 0 fully saturated rings. The molecule has 1 aliphatic heterocycles. The van der Waals surface area contributed by atoms with Gasteiger partial charge in [0.15, 0.2) is 5.43 Å². The molecule has 1 aliphatic rings. The Morgan fingerprint density at radius 3 is 2.58 bits per heavy atom. The first-order valence-corrected chi connectivity index (χ1v) is 8.70. The van der Waals surface area contributed by atoms with Gasteiger partial charge in [-0.25, -0.2) is 0 Å². The molecule has 7 heteroatoms. The molecular weight excluding hydrogens is 377 g/mol. The molecule has 2 aromatic carbocycles. The van der Waals surface area contributed by atoms with Crippen LogP contribution in [0.5, 0.6) is 0 Å². The first-order chi connectivity index (χ1) is 12.5. The van der Waals surface area contributed by atoms with Crippen molar-refractivity contribution < 1.29 is 14.3 Å². The van der Waals surface area contributed by atoms with Crippen LogP contribution in [0.2, 0.25) is 10.0 Å². The molecule has 1 N–H and O–H groups in total. The number of fused-ring (bicyclic) bond motifs is 2. The Kier molecular flexibility index (Phi) is 4.23. The summed E-state index contributed by atoms with van der Waals surface area (Å²) in [6.07, 6.45) is 0. The lowest BCUT2D eigenvalue weighted by atomic mass is 9.98. The average molecular weight is 390 g/mol. The topological polar surface area (TPSA) is 70.8 Å². The van der Waals surface area contributed by atoms with E-state index in [0.29, 0.717) is 26.6 Å². The minimum atomic E-state index is -0.678. The van der Waals surface area contributed by atoms with E-state index in [1.807, 2.05) is 0 Å². The molecule has 26 heavy (non-hydrogen) atoms. The Morgan fingerprint density at radius 2 is 1.85 bits per heavy atom. The van der Waals surface area contributed by atoms with Gasteiger partial charge in [0.2, 0.25) is 5.76 Å². The zero-order valence-corrected chi connectivity index (χ0v) is 14.9. The molecule has 0 bridgehead atoms. The molecule has 0 radical (unpaired) electrons. The number of hydrogen-bond donors (Lipinski definition) is 1. The van der Waals surface area contributed by atoms with Crippen LogP contribution in [0.3, 0.4) is 0 Å². The second kappa shape index (κ2) is 6.43. The molecule has 0 unspecified atom stereocenters. The maximum Gasteiger partial charge on any atom is 0.290 e. The third-order valence-electron chi connectivity index (χ3n) is 4.43. The number of β-amino-alcohol motifs (C(OH)–C–C–N with tert-alkyl or cyclic N) is 1. The van der Waals surface area contributed by atoms with Crippen LogP contribution in [0.4, 0.5) is 0 Å². The number of aliphatic hydroxyl groups excluding tert-OH is 1. The maximum atomic E-state index is 13.1. The predicted molar refractivity (Wildman–Crippen MR) is 98.9 cm³/mol. The second-order valence-electron chi connectivity index (χ2n) is 5.99. The highest BCUT2D eigenvalue weighted by Gasteiger charge is 2.42. The molecule has 0 spiro atoms. The van der Waals surface area contributed by atoms with E-state index in [-0.39, 0.29) is 29.9 Å². The lowest BCUT2D eigenvalue weighted by Crippen LogP contribution is -2.32. The van der Waals surface area contributed by atoms with Gasteiger partial charge in [-0.15, -0.1) is 0 Å². The van der Waals surface area contributed by atoms with Crippen molar-refractivity contribution in [2.45, 2.75) is 6.04 Å². The van der Waals surface area contributed by atoms with Crippen LogP contribution < -0.4 is 5.43 Å². The van der Waals surface area contributed by atoms with Gasteiger partial charge in [0, 0.05) is 16.6 Å². The molecule has 1 amide bonds. The molecular formula is C19H13Cl2NO4. The Bertz CT molecular complexity index is 1090. The molecule has 0 saturated heterocycles. The van der Waals surface area contributed by atoms with Crippen LogP contribution in [0, 0.1) is 0 Å². The minimum Gasteiger partial charge on any atom is -0.450 e. The fourth-order valence-corrected chi connectivity index (χ4v) is 3.73. The standard InChI is InChI=1S/C19H13Cl2NO4/c20-11-3-1-2-10(8-11)16-15-17(24)13-9-12(21)4-5-14(13)26-18(15)19(25)22(16)6-7-23/h1-5,8-9,16,23H,6-7H2/t16-/m0/s1. The molecule has 0 aliphatic carbocycles. The van der Waals surface area contributed by atoms with Crippen molar-refractivity contribution in [1.29, 1.82) is 0 Å². The fourth-order valence-electron chi connectivity index (χ4n) is 3.35. The third kappa shape index (κ3) is 2.60. The number of carbonyl (C=O) groups excluding carboxylic acids is 1. The van der Waals surface area contributed by atoms with E-state index in [1.54, 1.807) is 36.4 Å². The van der Waals surface area contributed by atoms with Crippen molar-refractivity contribution >= 4 is 40.1 Å². The third-order valence-corrected chi connectivity index (χ3v) is 4.90. The molecule has 0 saturated carbocycles. The van der Waals surface area contributed by atoms with Crippen LogP contribution in [-0.4, -0.2) is 29.1 Å². The van der Waals surface area contributed by atoms with Crippen molar-refractivity contribution in [2.75, 3.05) is 13.2 Å². The summed E-state index contributed by atoms with van der Waals surface area (Å²) in [5.74, 6) is -0.448. The number of hydrogen-bond acceptors (Lipinski definition) is 4. The smallest absolute Gasteiger partial charge is 0.290 e. The number of benzene rings is 2. The van der Waals surface area contributed by atoms with E-state index >= 15 is 0 Å². The van der Waals surface area contributed by atoms with Crippen molar-refractivity contribution in [1.82, 2.24) is 4.90 Å². The van der Waals surface area contributed by atoms with E-state index in [4.69, 9.17) is 27.6 Å². The van der Waals surface area contributed by atoms with Gasteiger partial charge >= 0.3 is 0 Å². The number of aliphatic hydroxyl groups is 1. The summed E-state index contributed by atoms with van der Waals surface area (Å²) in [6.45, 7) is -0.174. The van der Waals surface area contributed by atoms with E-state index in [0.717, 1.165) is 0 Å². The van der Waals surface area contributed by atoms with Gasteiger partial charge in [-0.2, -0.15) is 0 Å². The summed E-state index contributed by atoms with van der Waals surface area (Å²) >= 11 is 12.1. The second-order valence-corrected chi connectivity index (χ2v) is 6.87. The number of amides is 1. The zero-order valence-electron chi connectivity index (χ0n) is 13.4. The van der Waals surface area contributed by atoms with Gasteiger partial charge in [0.1, 0.15) is 5.58 Å². The first-order valence-electron chi connectivity index (χ1n) is 7.95. The normalized spacial score (nSPS) is 16.3. The van der Waals surface area contributed by atoms with Gasteiger partial charge in [-0.3, -0.25) is 9.59 Å². The lowest BCUT2D eigenvalue weighted by molar-refractivity contribution is 0.0691. The average Bonchev–Trinajstić information content (AvgIpc) is 2.89. The van der Waals surface area contributed by atoms with Gasteiger partial charge in [0.05, 0.1) is 23.6 Å². The first kappa shape index (κ1) is 17.1. The highest BCUT2D eigenvalue weighted by molar-refractivity contribution is 6.31. The minimum absolute atomic E-state index is 0.0109. The molecule has 1 aromatic heterocycles. The monoisotopic (exact) mass is 389 g/mol. The summed E-state index contributed by atoms with van der Waals surface area (Å²) < 4.78 is 5.75. The van der Waals surface area contributed by atoms with Gasteiger partial charge in [0.25, 0.3) is 5.91 Å². The number of halogens is 2. The van der Waals surface area contributed by atoms with Crippen LogP contribution in [0.15, 0.2) is 51.7 Å². The number of nitrogens with zero attached hydrogens (tertiary/aromatic N) is 1. The highest BCUT2D eigenvalue weighted by Crippen LogP contribution is 2.38. The van der Waals surface area contributed by atoms with Crippen molar-refractivity contribution in [3.63, 3.8) is 0 Å². The van der Waals surface area contributed by atoms with Gasteiger partial charge in [-0.05, 0) is 35.9 Å². The van der Waals surface area contributed by atoms with Crippen molar-refractivity contribution in [3.8, 4) is 0 Å². The largest absolute Gasteiger partial charge is 0.450 e. The lowest BCUT2D eigenvalue weighted by Gasteiger charge is -2.24. The summed E-state index contributed by atoms with van der Waals surface area (Å²) in [4.78, 5) is 27.4. The molecule has 1 atom stereocenters. The molecule has 5 nitrogen and oxygen atoms in total. The quantitative estimate of drug-likeness (QED) is 0.742. The van der Waals surface area contributed by atoms with E-state index in [9.17, 15) is 14.7 Å². The van der Waals surface area contributed by atoms with E-state index < -0.39 is 11.9 Å². The Balaban J connectivity index is 2.03. The van der Waals surface area contributed by atoms with Crippen LogP contribution >= 0.6 is 23.2 Å². The van der Waals surface area contributed by atoms with Gasteiger partial charge in [-0.1, -0.05) is 35.3 Å². The van der Waals surface area contributed by atoms with E-state index in [2.05, 4.69) is 0 Å². The summed E-state index contributed by atoms with van der Waals surface area (Å²) in [5.41, 5.74) is 0.886. The highest BCUT2D eigenvalue weighted by atomic mass is 35.5. The van der Waals surface area contributed by atoms with Crippen LogP contribution in [0.25, 0.3) is 11.0 Å². The predicted octanol–water partition coefficient (Wildman–Crippen LogP) is 3.64. The molecule has 132 valence electrons. The van der Waals surface area contributed by atoms with Gasteiger partial charge < -0.3 is 14.4 Å². The van der Waals surface area contributed by atoms with E-state index in [1.165, 1.54) is 11.0 Å². The molecule has 2 heterocycles. The summed E-state index contributed by atoms with van der Waals surface area (Å²) in [6, 6.07) is 10.9. The SMILES string of the molecule is O=C1c2oc3ccc(Cl)cc3c(=O)c2[C@H](c2cccc(Cl)c2)N1CCO. The van der Waals surface area contributed by atoms with Crippen LogP contribution in [0.1, 0.15) is 27.7 Å². The van der Waals surface area contributed by atoms with Crippen molar-refractivity contribution in [2.24, 2.45) is 0 Å².